The first kappa shape index (κ1) is 32.2. The first-order valence-electron chi connectivity index (χ1n) is 12.5. The number of nitrogens with zero attached hydrogens (tertiary/aromatic N) is 5. The first-order chi connectivity index (χ1) is 20.5. The van der Waals surface area contributed by atoms with Crippen molar-refractivity contribution in [2.45, 2.75) is 13.1 Å². The van der Waals surface area contributed by atoms with Crippen LogP contribution in [0.4, 0.5) is 5.69 Å². The van der Waals surface area contributed by atoms with Crippen LogP contribution in [-0.2, 0) is 32.3 Å². The molecule has 43 heavy (non-hydrogen) atoms. The molecule has 4 N–H and O–H groups in total. The van der Waals surface area contributed by atoms with Gasteiger partial charge in [0.15, 0.2) is 0 Å². The molecule has 0 fully saturated rings. The summed E-state index contributed by atoms with van der Waals surface area (Å²) >= 11 is 4.61. The highest BCUT2D eigenvalue weighted by Gasteiger charge is 2.18. The number of aromatic nitrogens is 2. The molecule has 2 aromatic heterocycles. The smallest absolute Gasteiger partial charge is 0.317 e. The van der Waals surface area contributed by atoms with Crippen molar-refractivity contribution in [1.82, 2.24) is 19.8 Å². The van der Waals surface area contributed by atoms with Crippen molar-refractivity contribution in [3.8, 4) is 23.2 Å². The van der Waals surface area contributed by atoms with Crippen molar-refractivity contribution in [2.24, 2.45) is 4.99 Å². The largest absolute Gasteiger partial charge is 0.480 e. The van der Waals surface area contributed by atoms with Gasteiger partial charge in [-0.05, 0) is 60.7 Å². The Labute approximate surface area is 250 Å². The number of isothiocyanates is 1. The van der Waals surface area contributed by atoms with Crippen LogP contribution >= 0.6 is 12.2 Å². The van der Waals surface area contributed by atoms with Crippen LogP contribution in [0, 0.1) is 11.8 Å². The lowest BCUT2D eigenvalue weighted by Gasteiger charge is -2.19. The molecule has 0 atom stereocenters. The van der Waals surface area contributed by atoms with Gasteiger partial charge in [-0.1, -0.05) is 17.9 Å². The maximum absolute atomic E-state index is 11.3. The minimum atomic E-state index is -1.21. The van der Waals surface area contributed by atoms with Gasteiger partial charge in [0.05, 0.1) is 59.8 Å². The van der Waals surface area contributed by atoms with E-state index in [-0.39, 0.29) is 13.1 Å². The van der Waals surface area contributed by atoms with Crippen LogP contribution in [0.5, 0.6) is 0 Å². The highest BCUT2D eigenvalue weighted by Crippen LogP contribution is 2.20. The van der Waals surface area contributed by atoms with Gasteiger partial charge in [-0.15, -0.1) is 0 Å². The van der Waals surface area contributed by atoms with Crippen LogP contribution in [0.2, 0.25) is 0 Å². The van der Waals surface area contributed by atoms with E-state index < -0.39 is 50.1 Å². The summed E-state index contributed by atoms with van der Waals surface area (Å²) in [7, 11) is 0. The Kier molecular flexibility index (Phi) is 11.7. The number of carboxylic acid groups (broad SMARTS) is 4. The summed E-state index contributed by atoms with van der Waals surface area (Å²) in [5.41, 5.74) is 3.18. The van der Waals surface area contributed by atoms with Crippen LogP contribution in [0.1, 0.15) is 22.5 Å². The summed E-state index contributed by atoms with van der Waals surface area (Å²) in [5.74, 6) is 1.26. The minimum Gasteiger partial charge on any atom is -0.480 e. The molecule has 0 amide bonds. The fourth-order valence-corrected chi connectivity index (χ4v) is 4.06. The number of carboxylic acids is 4. The van der Waals surface area contributed by atoms with Crippen molar-refractivity contribution < 1.29 is 39.6 Å². The third-order valence-corrected chi connectivity index (χ3v) is 5.64. The number of pyridine rings is 2. The summed E-state index contributed by atoms with van der Waals surface area (Å²) in [6.45, 7) is -2.26. The summed E-state index contributed by atoms with van der Waals surface area (Å²) in [6, 6.07) is 15.1. The van der Waals surface area contributed by atoms with E-state index in [9.17, 15) is 29.4 Å². The van der Waals surface area contributed by atoms with Gasteiger partial charge in [0.1, 0.15) is 0 Å². The summed E-state index contributed by atoms with van der Waals surface area (Å²) < 4.78 is 0. The quantitative estimate of drug-likeness (QED) is 0.119. The first-order valence-corrected chi connectivity index (χ1v) is 12.9. The average molecular weight is 604 g/mol. The molecule has 0 aliphatic heterocycles. The number of hydrogen-bond donors (Lipinski definition) is 4. The molecule has 0 aliphatic carbocycles. The number of carbonyl (C=O) groups is 4. The van der Waals surface area contributed by atoms with Crippen LogP contribution < -0.4 is 0 Å². The van der Waals surface area contributed by atoms with Crippen molar-refractivity contribution >= 4 is 46.9 Å². The molecule has 3 aromatic rings. The van der Waals surface area contributed by atoms with Crippen LogP contribution in [0.3, 0.4) is 0 Å². The Bertz CT molecular complexity index is 1600. The molecular formula is C29H25N5O8S. The molecule has 0 bridgehead atoms. The van der Waals surface area contributed by atoms with Gasteiger partial charge in [-0.25, -0.2) is 9.97 Å². The second-order valence-electron chi connectivity index (χ2n) is 9.11. The molecule has 14 heteroatoms. The lowest BCUT2D eigenvalue weighted by atomic mass is 10.1. The zero-order chi connectivity index (χ0) is 31.4. The zero-order valence-electron chi connectivity index (χ0n) is 22.5. The Balaban J connectivity index is 2.02. The van der Waals surface area contributed by atoms with Crippen LogP contribution in [0.25, 0.3) is 11.4 Å². The topological polar surface area (TPSA) is 194 Å². The molecule has 3 rings (SSSR count). The molecule has 220 valence electrons. The molecular weight excluding hydrogens is 578 g/mol. The van der Waals surface area contributed by atoms with E-state index in [1.807, 2.05) is 0 Å². The second-order valence-corrected chi connectivity index (χ2v) is 9.29. The predicted octanol–water partition coefficient (Wildman–Crippen LogP) is 2.22. The van der Waals surface area contributed by atoms with E-state index in [4.69, 9.17) is 10.2 Å². The van der Waals surface area contributed by atoms with E-state index in [0.717, 1.165) is 0 Å². The average Bonchev–Trinajstić information content (AvgIpc) is 2.91. The van der Waals surface area contributed by atoms with Crippen molar-refractivity contribution in [1.29, 1.82) is 0 Å². The molecule has 0 unspecified atom stereocenters. The molecule has 0 saturated heterocycles. The van der Waals surface area contributed by atoms with E-state index in [1.54, 1.807) is 54.6 Å². The third kappa shape index (κ3) is 11.2. The predicted molar refractivity (Wildman–Crippen MR) is 156 cm³/mol. The number of aliphatic imine (C=N–C) groups is 1. The molecule has 0 aliphatic rings. The number of rotatable bonds is 14. The van der Waals surface area contributed by atoms with Crippen molar-refractivity contribution in [2.75, 3.05) is 26.2 Å². The minimum absolute atomic E-state index is 0.0624. The molecule has 1 aromatic carbocycles. The lowest BCUT2D eigenvalue weighted by molar-refractivity contribution is -0.144. The van der Waals surface area contributed by atoms with Crippen molar-refractivity contribution in [3.63, 3.8) is 0 Å². The van der Waals surface area contributed by atoms with Gasteiger partial charge in [0, 0.05) is 24.2 Å². The molecule has 0 saturated carbocycles. The summed E-state index contributed by atoms with van der Waals surface area (Å²) in [6.07, 6.45) is 0. The third-order valence-electron chi connectivity index (χ3n) is 5.55. The SMILES string of the molecule is O=C(O)CN(CC(=O)O)Cc1cccc(-c2cc(C#Cc3ccc(N=C=S)cc3)cc(CN(CC(=O)O)CC(=O)O)n2)n1. The monoisotopic (exact) mass is 603 g/mol. The number of hydrogen-bond acceptors (Lipinski definition) is 10. The Hall–Kier alpha value is -5.32. The highest BCUT2D eigenvalue weighted by atomic mass is 32.1. The Morgan fingerprint density at radius 1 is 0.674 bits per heavy atom. The van der Waals surface area contributed by atoms with E-state index >= 15 is 0 Å². The van der Waals surface area contributed by atoms with Crippen LogP contribution in [-0.4, -0.2) is 95.4 Å². The van der Waals surface area contributed by atoms with E-state index in [1.165, 1.54) is 9.80 Å². The number of benzene rings is 1. The van der Waals surface area contributed by atoms with Gasteiger partial charge in [0.25, 0.3) is 0 Å². The van der Waals surface area contributed by atoms with Gasteiger partial charge >= 0.3 is 23.9 Å². The van der Waals surface area contributed by atoms with E-state index in [0.29, 0.717) is 39.6 Å². The highest BCUT2D eigenvalue weighted by molar-refractivity contribution is 7.78. The van der Waals surface area contributed by atoms with Gasteiger partial charge in [-0.2, -0.15) is 4.99 Å². The maximum Gasteiger partial charge on any atom is 0.317 e. The lowest BCUT2D eigenvalue weighted by Crippen LogP contribution is -2.34. The molecule has 0 spiro atoms. The van der Waals surface area contributed by atoms with Gasteiger partial charge in [-0.3, -0.25) is 29.0 Å². The Morgan fingerprint density at radius 3 is 1.72 bits per heavy atom. The van der Waals surface area contributed by atoms with E-state index in [2.05, 4.69) is 44.2 Å². The summed E-state index contributed by atoms with van der Waals surface area (Å²) in [5, 5.41) is 39.1. The normalized spacial score (nSPS) is 10.5. The fraction of sp³-hybridized carbons (Fsp3) is 0.207. The zero-order valence-corrected chi connectivity index (χ0v) is 23.3. The molecule has 0 radical (unpaired) electrons. The van der Waals surface area contributed by atoms with Gasteiger partial charge < -0.3 is 20.4 Å². The number of thiocarbonyl (C=S) groups is 1. The maximum atomic E-state index is 11.3. The van der Waals surface area contributed by atoms with Crippen LogP contribution in [0.15, 0.2) is 59.6 Å². The fourth-order valence-electron chi connectivity index (χ4n) is 3.96. The molecule has 2 heterocycles. The van der Waals surface area contributed by atoms with Crippen molar-refractivity contribution in [3.05, 3.63) is 77.1 Å². The Morgan fingerprint density at radius 2 is 1.19 bits per heavy atom. The standard InChI is InChI=1S/C29H25N5O8S/c35-26(36)14-33(15-27(37)38)12-22-2-1-3-24(31-22)25-11-20(5-4-19-6-8-21(9-7-19)30-18-43)10-23(32-25)13-34(16-28(39)40)17-29(41)42/h1-3,6-11H,12-17H2,(H,35,36)(H,37,38)(H,39,40)(H,41,42). The summed E-state index contributed by atoms with van der Waals surface area (Å²) in [4.78, 5) is 60.5. The number of aliphatic carboxylic acids is 4. The molecule has 13 nitrogen and oxygen atoms in total. The second kappa shape index (κ2) is 15.6. The van der Waals surface area contributed by atoms with Gasteiger partial charge in [0.2, 0.25) is 0 Å².